The number of rotatable bonds is 5. The van der Waals surface area contributed by atoms with E-state index in [-0.39, 0.29) is 36.4 Å². The van der Waals surface area contributed by atoms with Gasteiger partial charge in [-0.05, 0) is 55.2 Å². The zero-order valence-corrected chi connectivity index (χ0v) is 21.8. The number of carbonyl (C=O) groups is 1. The Hall–Kier alpha value is -3.74. The maximum Gasteiger partial charge on any atom is 0.430 e. The van der Waals surface area contributed by atoms with Crippen LogP contribution in [0.4, 0.5) is 45.2 Å². The summed E-state index contributed by atoms with van der Waals surface area (Å²) in [6.45, 7) is 1.30. The van der Waals surface area contributed by atoms with Crippen molar-refractivity contribution < 1.29 is 54.2 Å². The molecule has 0 saturated carbocycles. The van der Waals surface area contributed by atoms with Crippen LogP contribution in [-0.4, -0.2) is 36.0 Å². The second-order valence-corrected chi connectivity index (χ2v) is 9.93. The van der Waals surface area contributed by atoms with E-state index in [1.54, 1.807) is 37.3 Å². The largest absolute Gasteiger partial charge is 0.489 e. The normalized spacial score (nSPS) is 17.3. The fourth-order valence-corrected chi connectivity index (χ4v) is 4.83. The van der Waals surface area contributed by atoms with E-state index in [9.17, 15) is 49.4 Å². The summed E-state index contributed by atoms with van der Waals surface area (Å²) in [5.74, 6) is -1.57. The van der Waals surface area contributed by atoms with Crippen LogP contribution in [-0.2, 0) is 23.0 Å². The fourth-order valence-electron chi connectivity index (χ4n) is 4.83. The second-order valence-electron chi connectivity index (χ2n) is 9.93. The predicted octanol–water partition coefficient (Wildman–Crippen LogP) is 7.55. The summed E-state index contributed by atoms with van der Waals surface area (Å²) in [4.78, 5) is 14.9. The molecule has 0 spiro atoms. The molecule has 0 radical (unpaired) electrons. The standard InChI is InChI=1S/C29H24F9NO3/c1-17(18-6-3-2-4-7-18)25(40)39-16-23(42-22-9-5-8-21(15-22)27(30,31)32)12-10-19-14-20(11-13-24(19)39)26(41,28(33,34)35)29(36,37)38/h2-9,11,13-15,17,23,41H,10,12,16H2,1H3. The molecule has 3 aromatic rings. The van der Waals surface area contributed by atoms with E-state index in [2.05, 4.69) is 0 Å². The third kappa shape index (κ3) is 6.06. The molecule has 4 nitrogen and oxygen atoms in total. The lowest BCUT2D eigenvalue weighted by Gasteiger charge is -2.34. The summed E-state index contributed by atoms with van der Waals surface area (Å²) in [7, 11) is 0. The van der Waals surface area contributed by atoms with Crippen molar-refractivity contribution in [1.82, 2.24) is 0 Å². The average Bonchev–Trinajstić information content (AvgIpc) is 3.09. The number of benzene rings is 3. The molecule has 1 aliphatic heterocycles. The fraction of sp³-hybridized carbons (Fsp3) is 0.345. The number of nitrogens with zero attached hydrogens (tertiary/aromatic N) is 1. The van der Waals surface area contributed by atoms with Crippen LogP contribution >= 0.6 is 0 Å². The molecule has 1 aliphatic rings. The Morgan fingerprint density at radius 2 is 1.50 bits per heavy atom. The molecule has 0 aliphatic carbocycles. The molecular weight excluding hydrogens is 581 g/mol. The molecule has 2 atom stereocenters. The van der Waals surface area contributed by atoms with Gasteiger partial charge in [0.25, 0.3) is 5.60 Å². The Bertz CT molecular complexity index is 1400. The molecule has 3 aromatic carbocycles. The van der Waals surface area contributed by atoms with Gasteiger partial charge in [0.15, 0.2) is 0 Å². The van der Waals surface area contributed by atoms with Gasteiger partial charge in [-0.2, -0.15) is 39.5 Å². The van der Waals surface area contributed by atoms with E-state index >= 15 is 0 Å². The lowest BCUT2D eigenvalue weighted by atomic mass is 9.89. The number of amides is 1. The molecule has 4 rings (SSSR count). The third-order valence-electron chi connectivity index (χ3n) is 7.13. The number of alkyl halides is 9. The van der Waals surface area contributed by atoms with Crippen LogP contribution in [0.15, 0.2) is 72.8 Å². The van der Waals surface area contributed by atoms with Crippen molar-refractivity contribution in [3.8, 4) is 5.75 Å². The number of carbonyl (C=O) groups excluding carboxylic acids is 1. The maximum absolute atomic E-state index is 13.7. The first kappa shape index (κ1) is 31.2. The van der Waals surface area contributed by atoms with Crippen molar-refractivity contribution >= 4 is 11.6 Å². The Morgan fingerprint density at radius 3 is 2.10 bits per heavy atom. The highest BCUT2D eigenvalue weighted by Crippen LogP contribution is 2.51. The minimum Gasteiger partial charge on any atom is -0.489 e. The van der Waals surface area contributed by atoms with Gasteiger partial charge in [0.1, 0.15) is 11.9 Å². The molecule has 1 N–H and O–H groups in total. The third-order valence-corrected chi connectivity index (χ3v) is 7.13. The summed E-state index contributed by atoms with van der Waals surface area (Å²) >= 11 is 0. The molecule has 42 heavy (non-hydrogen) atoms. The van der Waals surface area contributed by atoms with Crippen molar-refractivity contribution in [3.63, 3.8) is 0 Å². The van der Waals surface area contributed by atoms with Crippen LogP contribution in [0.2, 0.25) is 0 Å². The summed E-state index contributed by atoms with van der Waals surface area (Å²) in [5.41, 5.74) is -7.20. The van der Waals surface area contributed by atoms with Crippen molar-refractivity contribution in [3.05, 3.63) is 95.1 Å². The van der Waals surface area contributed by atoms with Gasteiger partial charge in [0.2, 0.25) is 5.91 Å². The Kier molecular flexibility index (Phi) is 8.29. The van der Waals surface area contributed by atoms with Gasteiger partial charge < -0.3 is 14.7 Å². The summed E-state index contributed by atoms with van der Waals surface area (Å²) in [5, 5.41) is 9.93. The zero-order chi connectivity index (χ0) is 31.1. The first-order valence-corrected chi connectivity index (χ1v) is 12.6. The van der Waals surface area contributed by atoms with Crippen LogP contribution in [0, 0.1) is 0 Å². The zero-order valence-electron chi connectivity index (χ0n) is 21.8. The monoisotopic (exact) mass is 605 g/mol. The van der Waals surface area contributed by atoms with Gasteiger partial charge in [-0.25, -0.2) is 0 Å². The number of aryl methyl sites for hydroxylation is 1. The van der Waals surface area contributed by atoms with E-state index in [0.29, 0.717) is 17.7 Å². The highest BCUT2D eigenvalue weighted by molar-refractivity contribution is 5.98. The van der Waals surface area contributed by atoms with E-state index < -0.39 is 53.2 Å². The molecule has 226 valence electrons. The number of fused-ring (bicyclic) bond motifs is 1. The van der Waals surface area contributed by atoms with E-state index in [4.69, 9.17) is 4.74 Å². The van der Waals surface area contributed by atoms with Crippen molar-refractivity contribution in [2.75, 3.05) is 11.4 Å². The topological polar surface area (TPSA) is 49.8 Å². The van der Waals surface area contributed by atoms with Crippen LogP contribution < -0.4 is 9.64 Å². The van der Waals surface area contributed by atoms with E-state index in [1.165, 1.54) is 6.07 Å². The molecule has 0 fully saturated rings. The lowest BCUT2D eigenvalue weighted by molar-refractivity contribution is -0.376. The molecule has 0 aromatic heterocycles. The van der Waals surface area contributed by atoms with E-state index in [1.807, 2.05) is 0 Å². The van der Waals surface area contributed by atoms with Gasteiger partial charge in [0, 0.05) is 11.3 Å². The molecule has 0 bridgehead atoms. The Labute approximate surface area is 234 Å². The van der Waals surface area contributed by atoms with Gasteiger partial charge in [-0.15, -0.1) is 0 Å². The molecular formula is C29H24F9NO3. The highest BCUT2D eigenvalue weighted by atomic mass is 19.4. The second kappa shape index (κ2) is 11.2. The minimum absolute atomic E-state index is 0.00614. The Morgan fingerprint density at radius 1 is 0.857 bits per heavy atom. The molecule has 0 saturated heterocycles. The maximum atomic E-state index is 13.7. The van der Waals surface area contributed by atoms with Gasteiger partial charge in [-0.1, -0.05) is 48.5 Å². The summed E-state index contributed by atoms with van der Waals surface area (Å²) < 4.78 is 127. The van der Waals surface area contributed by atoms with Crippen molar-refractivity contribution in [1.29, 1.82) is 0 Å². The first-order valence-electron chi connectivity index (χ1n) is 12.6. The number of hydrogen-bond donors (Lipinski definition) is 1. The number of halogens is 9. The molecule has 1 heterocycles. The smallest absolute Gasteiger partial charge is 0.430 e. The van der Waals surface area contributed by atoms with Crippen LogP contribution in [0.1, 0.15) is 41.5 Å². The SMILES string of the molecule is CC(C(=O)N1CC(Oc2cccc(C(F)(F)F)c2)CCc2cc(C(O)(C(F)(F)F)C(F)(F)F)ccc21)c1ccccc1. The molecule has 2 unspecified atom stereocenters. The van der Waals surface area contributed by atoms with Crippen LogP contribution in [0.25, 0.3) is 0 Å². The van der Waals surface area contributed by atoms with Crippen LogP contribution in [0.5, 0.6) is 5.75 Å². The predicted molar refractivity (Wildman–Crippen MR) is 134 cm³/mol. The average molecular weight is 605 g/mol. The quantitative estimate of drug-likeness (QED) is 0.306. The Balaban J connectivity index is 1.76. The minimum atomic E-state index is -6.11. The number of aliphatic hydroxyl groups is 1. The van der Waals surface area contributed by atoms with Gasteiger partial charge in [0.05, 0.1) is 18.0 Å². The number of ether oxygens (including phenoxy) is 1. The summed E-state index contributed by atoms with van der Waals surface area (Å²) in [6, 6.07) is 14.3. The molecule has 1 amide bonds. The summed E-state index contributed by atoms with van der Waals surface area (Å²) in [6.07, 6.45) is -18.2. The van der Waals surface area contributed by atoms with Crippen molar-refractivity contribution in [2.45, 2.75) is 55.9 Å². The van der Waals surface area contributed by atoms with Gasteiger partial charge >= 0.3 is 18.5 Å². The van der Waals surface area contributed by atoms with E-state index in [0.717, 1.165) is 29.2 Å². The van der Waals surface area contributed by atoms with Crippen molar-refractivity contribution in [2.24, 2.45) is 0 Å². The first-order chi connectivity index (χ1) is 19.4. The number of anilines is 1. The van der Waals surface area contributed by atoms with Crippen LogP contribution in [0.3, 0.4) is 0 Å². The lowest BCUT2D eigenvalue weighted by Crippen LogP contribution is -2.54. The van der Waals surface area contributed by atoms with Gasteiger partial charge in [-0.3, -0.25) is 4.79 Å². The number of hydrogen-bond acceptors (Lipinski definition) is 3. The molecule has 13 heteroatoms. The highest BCUT2D eigenvalue weighted by Gasteiger charge is 2.71.